The second-order valence-corrected chi connectivity index (χ2v) is 15.4. The van der Waals surface area contributed by atoms with E-state index >= 15 is 4.79 Å². The summed E-state index contributed by atoms with van der Waals surface area (Å²) in [6.45, 7) is 1.88. The van der Waals surface area contributed by atoms with Crippen molar-refractivity contribution in [3.63, 3.8) is 0 Å². The number of alkyl carbamates (subject to hydrolysis) is 1. The SMILES string of the molecule is CC(C)(C)C[C@]1(c2ccc3nc(-c4cnn(C(F)F)c4)ccc3c2)N=C(N)N([C@H](COC(=O)NC2(C(F)(F)F)CC2)c2ccc(Cl)c(N(NN)C(=N)C(F)F)c2)C1=O. The molecule has 2 aliphatic rings. The lowest BCUT2D eigenvalue weighted by Crippen LogP contribution is -2.50. The first-order chi connectivity index (χ1) is 27.1. The number of aliphatic imine (C=N–C) groups is 1. The molecule has 7 N–H and O–H groups in total. The van der Waals surface area contributed by atoms with Crippen molar-refractivity contribution in [2.45, 2.75) is 76.3 Å². The molecule has 2 amide bonds. The molecule has 0 spiro atoms. The fourth-order valence-electron chi connectivity index (χ4n) is 6.78. The van der Waals surface area contributed by atoms with E-state index in [-0.39, 0.29) is 41.5 Å². The van der Waals surface area contributed by atoms with Gasteiger partial charge in [0.05, 0.1) is 34.2 Å². The Hall–Kier alpha value is -5.54. The highest BCUT2D eigenvalue weighted by molar-refractivity contribution is 6.33. The lowest BCUT2D eigenvalue weighted by molar-refractivity contribution is -0.164. The summed E-state index contributed by atoms with van der Waals surface area (Å²) in [5.74, 6) is 3.06. The molecule has 2 aromatic heterocycles. The highest BCUT2D eigenvalue weighted by Gasteiger charge is 2.64. The zero-order valence-corrected chi connectivity index (χ0v) is 31.7. The maximum absolute atomic E-state index is 15.1. The van der Waals surface area contributed by atoms with Gasteiger partial charge < -0.3 is 15.8 Å². The van der Waals surface area contributed by atoms with E-state index in [1.165, 1.54) is 18.3 Å². The molecule has 4 aromatic rings. The number of carbonyl (C=O) groups excluding carboxylic acids is 2. The summed E-state index contributed by atoms with van der Waals surface area (Å²) in [4.78, 5) is 38.2. The van der Waals surface area contributed by atoms with Crippen LogP contribution in [0, 0.1) is 10.8 Å². The molecule has 1 aliphatic heterocycles. The van der Waals surface area contributed by atoms with Gasteiger partial charge in [-0.2, -0.15) is 32.6 Å². The van der Waals surface area contributed by atoms with Crippen LogP contribution < -0.4 is 27.4 Å². The van der Waals surface area contributed by atoms with E-state index in [9.17, 15) is 35.5 Å². The van der Waals surface area contributed by atoms with Gasteiger partial charge in [0.2, 0.25) is 0 Å². The number of guanidine groups is 1. The average molecular weight is 840 g/mol. The first kappa shape index (κ1) is 42.1. The van der Waals surface area contributed by atoms with Gasteiger partial charge >= 0.3 is 18.8 Å². The molecule has 6 rings (SSSR count). The molecule has 2 atom stereocenters. The van der Waals surface area contributed by atoms with E-state index in [1.54, 1.807) is 30.3 Å². The number of halogens is 8. The van der Waals surface area contributed by atoms with Crippen LogP contribution >= 0.6 is 11.6 Å². The topological polar surface area (TPSA) is 193 Å². The highest BCUT2D eigenvalue weighted by Crippen LogP contribution is 2.49. The number of nitrogens with two attached hydrogens (primary N) is 2. The molecular weight excluding hydrogens is 803 g/mol. The summed E-state index contributed by atoms with van der Waals surface area (Å²) >= 11 is 6.34. The number of anilines is 1. The number of hydrogen-bond acceptors (Lipinski definition) is 10. The second kappa shape index (κ2) is 15.3. The van der Waals surface area contributed by atoms with Crippen LogP contribution in [0.1, 0.15) is 63.8 Å². The van der Waals surface area contributed by atoms with Crippen LogP contribution in [0.15, 0.2) is 65.9 Å². The molecule has 58 heavy (non-hydrogen) atoms. The lowest BCUT2D eigenvalue weighted by atomic mass is 9.75. The summed E-state index contributed by atoms with van der Waals surface area (Å²) in [6, 6.07) is 10.4. The van der Waals surface area contributed by atoms with Gasteiger partial charge in [-0.1, -0.05) is 50.6 Å². The van der Waals surface area contributed by atoms with Crippen LogP contribution in [0.25, 0.3) is 22.2 Å². The fraction of sp³-hybridized carbons (Fsp3) is 0.389. The van der Waals surface area contributed by atoms with Crippen molar-refractivity contribution in [3.8, 4) is 11.3 Å². The summed E-state index contributed by atoms with van der Waals surface area (Å²) in [5.41, 5.74) is 4.87. The van der Waals surface area contributed by atoms with Crippen molar-refractivity contribution in [3.05, 3.63) is 77.1 Å². The number of benzene rings is 2. The number of nitrogens with zero attached hydrogens (tertiary/aromatic N) is 6. The van der Waals surface area contributed by atoms with Crippen LogP contribution in [-0.2, 0) is 15.1 Å². The Balaban J connectivity index is 1.41. The van der Waals surface area contributed by atoms with Crippen molar-refractivity contribution in [1.29, 1.82) is 5.41 Å². The van der Waals surface area contributed by atoms with Crippen LogP contribution in [0.2, 0.25) is 5.02 Å². The Labute approximate surface area is 330 Å². The minimum Gasteiger partial charge on any atom is -0.447 e. The minimum atomic E-state index is -4.77. The number of amides is 2. The zero-order chi connectivity index (χ0) is 42.5. The van der Waals surface area contributed by atoms with E-state index in [1.807, 2.05) is 31.6 Å². The molecule has 3 heterocycles. The van der Waals surface area contributed by atoms with E-state index in [0.29, 0.717) is 37.4 Å². The van der Waals surface area contributed by atoms with E-state index in [4.69, 9.17) is 38.3 Å². The maximum atomic E-state index is 15.1. The molecule has 0 radical (unpaired) electrons. The Morgan fingerprint density at radius 1 is 1.09 bits per heavy atom. The molecule has 310 valence electrons. The number of pyridine rings is 1. The normalized spacial score (nSPS) is 18.5. The average Bonchev–Trinajstić information content (AvgIpc) is 3.68. The third-order valence-electron chi connectivity index (χ3n) is 9.67. The van der Waals surface area contributed by atoms with Crippen molar-refractivity contribution in [1.82, 2.24) is 30.5 Å². The zero-order valence-electron chi connectivity index (χ0n) is 30.9. The van der Waals surface area contributed by atoms with Crippen LogP contribution in [0.4, 0.5) is 41.2 Å². The molecule has 2 aromatic carbocycles. The van der Waals surface area contributed by atoms with E-state index in [2.05, 4.69) is 10.1 Å². The van der Waals surface area contributed by atoms with Crippen LogP contribution in [-0.4, -0.2) is 68.2 Å². The predicted octanol–water partition coefficient (Wildman–Crippen LogP) is 6.92. The number of hydrazine groups is 2. The summed E-state index contributed by atoms with van der Waals surface area (Å²) in [7, 11) is 0. The number of ether oxygens (including phenoxy) is 1. The molecule has 1 saturated carbocycles. The fourth-order valence-corrected chi connectivity index (χ4v) is 6.98. The molecule has 1 fully saturated rings. The largest absolute Gasteiger partial charge is 0.447 e. The maximum Gasteiger partial charge on any atom is 0.411 e. The summed E-state index contributed by atoms with van der Waals surface area (Å²) in [5, 5.41) is 14.2. The number of fused-ring (bicyclic) bond motifs is 1. The third kappa shape index (κ3) is 8.10. The number of carbonyl (C=O) groups is 2. The Kier molecular flexibility index (Phi) is 11.1. The van der Waals surface area contributed by atoms with Crippen LogP contribution in [0.5, 0.6) is 0 Å². The van der Waals surface area contributed by atoms with E-state index in [0.717, 1.165) is 17.2 Å². The second-order valence-electron chi connectivity index (χ2n) is 15.0. The van der Waals surface area contributed by atoms with Gasteiger partial charge in [0, 0.05) is 17.1 Å². The standard InChI is InChI=1S/C36H37ClF7N11O3/c1-33(2,3)17-35(21-6-9-23-18(12-21)5-8-24(49-23)20-14-48-53(15-20)30(40)41)29(56)54(31(46)50-35)26(16-58-32(57)51-34(10-11-34)36(42,43)44)19-4-7-22(37)25(13-19)55(52-47)28(45)27(38)39/h4-9,12-15,26-27,30,45,52H,10-11,16-17,47H2,1-3H3,(H2,46,50)(H,51,57)/t26-,35-/m1/s1. The summed E-state index contributed by atoms with van der Waals surface area (Å²) in [6.07, 6.45) is -7.86. The molecule has 0 saturated heterocycles. The molecule has 0 unspecified atom stereocenters. The van der Waals surface area contributed by atoms with Gasteiger partial charge in [0.25, 0.3) is 12.3 Å². The first-order valence-corrected chi connectivity index (χ1v) is 17.8. The molecule has 22 heteroatoms. The minimum absolute atomic E-state index is 0.0231. The van der Waals surface area contributed by atoms with Crippen molar-refractivity contribution < 1.29 is 45.1 Å². The predicted molar refractivity (Wildman–Crippen MR) is 199 cm³/mol. The smallest absolute Gasteiger partial charge is 0.411 e. The number of rotatable bonds is 12. The number of hydrogen-bond donors (Lipinski definition) is 5. The quantitative estimate of drug-likeness (QED) is 0.0331. The molecule has 14 nitrogen and oxygen atoms in total. The molecule has 0 bridgehead atoms. The van der Waals surface area contributed by atoms with Gasteiger partial charge in [-0.15, -0.1) is 0 Å². The van der Waals surface area contributed by atoms with Gasteiger partial charge in [0.15, 0.2) is 17.3 Å². The van der Waals surface area contributed by atoms with E-state index < -0.39 is 66.1 Å². The van der Waals surface area contributed by atoms with Gasteiger partial charge in [0.1, 0.15) is 12.1 Å². The Bertz CT molecular complexity index is 2280. The van der Waals surface area contributed by atoms with Gasteiger partial charge in [-0.3, -0.25) is 20.9 Å². The number of aromatic nitrogens is 3. The van der Waals surface area contributed by atoms with Crippen molar-refractivity contribution >= 4 is 52.0 Å². The highest BCUT2D eigenvalue weighted by atomic mass is 35.5. The number of nitrogens with one attached hydrogen (secondary N) is 3. The first-order valence-electron chi connectivity index (χ1n) is 17.5. The number of alkyl halides is 7. The van der Waals surface area contributed by atoms with Gasteiger partial charge in [-0.05, 0) is 66.1 Å². The van der Waals surface area contributed by atoms with Crippen LogP contribution in [0.3, 0.4) is 0 Å². The van der Waals surface area contributed by atoms with Crippen molar-refractivity contribution in [2.75, 3.05) is 11.6 Å². The monoisotopic (exact) mass is 839 g/mol. The van der Waals surface area contributed by atoms with Crippen molar-refractivity contribution in [2.24, 2.45) is 22.0 Å². The van der Waals surface area contributed by atoms with Gasteiger partial charge in [-0.25, -0.2) is 33.2 Å². The third-order valence-corrected chi connectivity index (χ3v) is 9.99. The molecular formula is C36H37ClF7N11O3. The molecule has 1 aliphatic carbocycles. The summed E-state index contributed by atoms with van der Waals surface area (Å²) < 4.78 is 101. The Morgan fingerprint density at radius 2 is 1.79 bits per heavy atom. The number of amidine groups is 1. The Morgan fingerprint density at radius 3 is 2.38 bits per heavy atom. The lowest BCUT2D eigenvalue weighted by Gasteiger charge is -2.35.